The lowest BCUT2D eigenvalue weighted by Crippen LogP contribution is -2.41. The highest BCUT2D eigenvalue weighted by Gasteiger charge is 2.29. The number of ether oxygens (including phenoxy) is 3. The SMILES string of the molecule is COc1cc(-c2cnc(N)c(O[C@H](C)c3c(Cl)ccc(F)c3Cl)c2)cnc1C1=CCN(C(=O)OC(C)(C)C)CC1C. The van der Waals surface area contributed by atoms with Crippen molar-refractivity contribution >= 4 is 40.7 Å². The van der Waals surface area contributed by atoms with Crippen molar-refractivity contribution in [1.29, 1.82) is 0 Å². The Bertz CT molecular complexity index is 1490. The molecule has 1 aliphatic heterocycles. The van der Waals surface area contributed by atoms with Crippen molar-refractivity contribution < 1.29 is 23.4 Å². The Kier molecular flexibility index (Phi) is 8.99. The fourth-order valence-corrected chi connectivity index (χ4v) is 5.24. The monoisotopic (exact) mass is 602 g/mol. The molecule has 1 aromatic carbocycles. The molecule has 1 aliphatic rings. The number of anilines is 1. The molecule has 3 aromatic rings. The standard InChI is InChI=1S/C30H33Cl2FN4O4/c1-16-15-37(29(38)41-30(3,4)5)10-9-20(16)27-23(39-6)11-18(13-35-27)19-12-24(28(34)36-14-19)40-17(2)25-21(31)7-8-22(33)26(25)32/h7-9,11-14,16-17H,10,15H2,1-6H3,(H2,34,36)/t16?,17-/m1/s1. The molecule has 11 heteroatoms. The molecule has 0 saturated carbocycles. The summed E-state index contributed by atoms with van der Waals surface area (Å²) < 4.78 is 31.3. The molecular weight excluding hydrogens is 570 g/mol. The van der Waals surface area contributed by atoms with E-state index in [2.05, 4.69) is 4.98 Å². The van der Waals surface area contributed by atoms with E-state index in [1.165, 1.54) is 12.1 Å². The minimum Gasteiger partial charge on any atom is -0.494 e. The highest BCUT2D eigenvalue weighted by molar-refractivity contribution is 6.36. The van der Waals surface area contributed by atoms with Crippen LogP contribution in [0.5, 0.6) is 11.5 Å². The third-order valence-corrected chi connectivity index (χ3v) is 7.27. The summed E-state index contributed by atoms with van der Waals surface area (Å²) >= 11 is 12.4. The summed E-state index contributed by atoms with van der Waals surface area (Å²) in [5.41, 5.74) is 8.91. The predicted octanol–water partition coefficient (Wildman–Crippen LogP) is 7.59. The van der Waals surface area contributed by atoms with Gasteiger partial charge in [0.2, 0.25) is 0 Å². The number of aromatic nitrogens is 2. The molecule has 8 nitrogen and oxygen atoms in total. The van der Waals surface area contributed by atoms with Gasteiger partial charge in [-0.3, -0.25) is 4.98 Å². The van der Waals surface area contributed by atoms with Crippen LogP contribution in [0.15, 0.2) is 42.7 Å². The number of pyridine rings is 2. The van der Waals surface area contributed by atoms with Crippen LogP contribution < -0.4 is 15.2 Å². The van der Waals surface area contributed by atoms with Crippen LogP contribution in [0.4, 0.5) is 15.0 Å². The molecule has 2 aromatic heterocycles. The zero-order chi connectivity index (χ0) is 30.1. The Labute approximate surface area is 249 Å². The molecule has 1 amide bonds. The number of nitrogen functional groups attached to an aromatic ring is 1. The second kappa shape index (κ2) is 12.1. The number of amides is 1. The first-order valence-electron chi connectivity index (χ1n) is 13.1. The Morgan fingerprint density at radius 1 is 1.15 bits per heavy atom. The zero-order valence-electron chi connectivity index (χ0n) is 23.8. The van der Waals surface area contributed by atoms with E-state index in [-0.39, 0.29) is 33.6 Å². The third-order valence-electron chi connectivity index (χ3n) is 6.56. The van der Waals surface area contributed by atoms with Gasteiger partial charge >= 0.3 is 6.09 Å². The zero-order valence-corrected chi connectivity index (χ0v) is 25.3. The molecule has 0 radical (unpaired) electrons. The number of benzene rings is 1. The Balaban J connectivity index is 1.59. The van der Waals surface area contributed by atoms with Crippen molar-refractivity contribution in [2.75, 3.05) is 25.9 Å². The van der Waals surface area contributed by atoms with E-state index in [4.69, 9.17) is 48.1 Å². The number of hydrogen-bond acceptors (Lipinski definition) is 7. The van der Waals surface area contributed by atoms with E-state index < -0.39 is 17.5 Å². The number of rotatable bonds is 6. The van der Waals surface area contributed by atoms with Crippen LogP contribution in [0.3, 0.4) is 0 Å². The van der Waals surface area contributed by atoms with Gasteiger partial charge in [-0.1, -0.05) is 36.2 Å². The number of carbonyl (C=O) groups is 1. The molecule has 4 rings (SSSR count). The smallest absolute Gasteiger partial charge is 0.410 e. The summed E-state index contributed by atoms with van der Waals surface area (Å²) in [6.07, 6.45) is 4.24. The summed E-state index contributed by atoms with van der Waals surface area (Å²) in [6, 6.07) is 6.20. The second-order valence-corrected chi connectivity index (χ2v) is 11.6. The van der Waals surface area contributed by atoms with Gasteiger partial charge in [0.15, 0.2) is 11.6 Å². The first-order chi connectivity index (χ1) is 19.3. The minimum absolute atomic E-state index is 0.00432. The summed E-state index contributed by atoms with van der Waals surface area (Å²) in [4.78, 5) is 23.2. The van der Waals surface area contributed by atoms with E-state index in [1.807, 2.05) is 39.8 Å². The molecule has 0 saturated heterocycles. The van der Waals surface area contributed by atoms with E-state index in [9.17, 15) is 9.18 Å². The largest absolute Gasteiger partial charge is 0.494 e. The molecule has 2 N–H and O–H groups in total. The van der Waals surface area contributed by atoms with Gasteiger partial charge in [-0.05, 0) is 57.5 Å². The fourth-order valence-electron chi connectivity index (χ4n) is 4.57. The molecule has 0 spiro atoms. The van der Waals surface area contributed by atoms with Gasteiger partial charge in [-0.25, -0.2) is 14.2 Å². The van der Waals surface area contributed by atoms with Crippen molar-refractivity contribution in [2.45, 2.75) is 46.3 Å². The van der Waals surface area contributed by atoms with Crippen molar-refractivity contribution in [3.63, 3.8) is 0 Å². The van der Waals surface area contributed by atoms with Gasteiger partial charge in [0.05, 0.1) is 12.1 Å². The maximum absolute atomic E-state index is 14.1. The van der Waals surface area contributed by atoms with E-state index >= 15 is 0 Å². The van der Waals surface area contributed by atoms with Crippen molar-refractivity contribution in [3.05, 3.63) is 69.9 Å². The summed E-state index contributed by atoms with van der Waals surface area (Å²) in [7, 11) is 1.58. The highest BCUT2D eigenvalue weighted by atomic mass is 35.5. The Morgan fingerprint density at radius 3 is 2.44 bits per heavy atom. The number of methoxy groups -OCH3 is 1. The summed E-state index contributed by atoms with van der Waals surface area (Å²) in [6.45, 7) is 10.2. The normalized spacial score (nSPS) is 16.2. The lowest BCUT2D eigenvalue weighted by atomic mass is 9.92. The number of nitrogens with two attached hydrogens (primary N) is 1. The van der Waals surface area contributed by atoms with Crippen LogP contribution in [0.2, 0.25) is 10.0 Å². The predicted molar refractivity (Wildman–Crippen MR) is 159 cm³/mol. The topological polar surface area (TPSA) is 99.8 Å². The Hall–Kier alpha value is -3.56. The number of hydrogen-bond donors (Lipinski definition) is 1. The molecular formula is C30H33Cl2FN4O4. The van der Waals surface area contributed by atoms with Crippen LogP contribution in [0, 0.1) is 11.7 Å². The molecule has 3 heterocycles. The lowest BCUT2D eigenvalue weighted by Gasteiger charge is -2.33. The van der Waals surface area contributed by atoms with Gasteiger partial charge in [-0.15, -0.1) is 0 Å². The van der Waals surface area contributed by atoms with Crippen LogP contribution in [-0.2, 0) is 4.74 Å². The van der Waals surface area contributed by atoms with Crippen molar-refractivity contribution in [1.82, 2.24) is 14.9 Å². The number of nitrogens with zero attached hydrogens (tertiary/aromatic N) is 3. The molecule has 0 aliphatic carbocycles. The molecule has 0 fully saturated rings. The van der Waals surface area contributed by atoms with Crippen LogP contribution in [0.25, 0.3) is 16.7 Å². The lowest BCUT2D eigenvalue weighted by molar-refractivity contribution is 0.0251. The number of halogens is 3. The van der Waals surface area contributed by atoms with Gasteiger partial charge in [-0.2, -0.15) is 0 Å². The Morgan fingerprint density at radius 2 is 1.80 bits per heavy atom. The van der Waals surface area contributed by atoms with Crippen molar-refractivity contribution in [3.8, 4) is 22.6 Å². The van der Waals surface area contributed by atoms with Crippen LogP contribution in [0.1, 0.15) is 52.0 Å². The first-order valence-corrected chi connectivity index (χ1v) is 13.8. The summed E-state index contributed by atoms with van der Waals surface area (Å²) in [5, 5.41) is 0.161. The van der Waals surface area contributed by atoms with Gasteiger partial charge < -0.3 is 24.8 Å². The molecule has 0 bridgehead atoms. The van der Waals surface area contributed by atoms with Crippen molar-refractivity contribution in [2.24, 2.45) is 5.92 Å². The minimum atomic E-state index is -0.708. The third kappa shape index (κ3) is 6.85. The fraction of sp³-hybridized carbons (Fsp3) is 0.367. The van der Waals surface area contributed by atoms with Crippen LogP contribution in [-0.4, -0.2) is 46.8 Å². The van der Waals surface area contributed by atoms with E-state index in [0.717, 1.165) is 11.1 Å². The van der Waals surface area contributed by atoms with Crippen LogP contribution >= 0.6 is 23.2 Å². The van der Waals surface area contributed by atoms with E-state index in [1.54, 1.807) is 37.4 Å². The maximum Gasteiger partial charge on any atom is 0.410 e. The van der Waals surface area contributed by atoms with E-state index in [0.29, 0.717) is 35.7 Å². The van der Waals surface area contributed by atoms with Gasteiger partial charge in [0.25, 0.3) is 0 Å². The first kappa shape index (κ1) is 30.4. The average Bonchev–Trinajstić information content (AvgIpc) is 2.91. The maximum atomic E-state index is 14.1. The summed E-state index contributed by atoms with van der Waals surface area (Å²) in [5.74, 6) is 0.401. The number of carbonyl (C=O) groups excluding carboxylic acids is 1. The van der Waals surface area contributed by atoms with Gasteiger partial charge in [0.1, 0.15) is 29.0 Å². The molecule has 41 heavy (non-hydrogen) atoms. The quantitative estimate of drug-likeness (QED) is 0.290. The average molecular weight is 604 g/mol. The second-order valence-electron chi connectivity index (χ2n) is 10.8. The highest BCUT2D eigenvalue weighted by Crippen LogP contribution is 2.39. The molecule has 2 atom stereocenters. The van der Waals surface area contributed by atoms with Gasteiger partial charge in [0, 0.05) is 53.1 Å². The molecule has 218 valence electrons. The molecule has 1 unspecified atom stereocenters.